The van der Waals surface area contributed by atoms with E-state index in [-0.39, 0.29) is 0 Å². The van der Waals surface area contributed by atoms with Crippen molar-refractivity contribution in [2.24, 2.45) is 0 Å². The third-order valence-electron chi connectivity index (χ3n) is 28.0. The van der Waals surface area contributed by atoms with Gasteiger partial charge in [-0.2, -0.15) is 0 Å². The number of furan rings is 3. The summed E-state index contributed by atoms with van der Waals surface area (Å²) >= 11 is 1.80. The Kier molecular flexibility index (Phi) is 17.7. The van der Waals surface area contributed by atoms with Gasteiger partial charge in [-0.25, -0.2) is 29.9 Å². The third kappa shape index (κ3) is 12.5. The van der Waals surface area contributed by atoms with Crippen LogP contribution in [-0.2, 0) is 0 Å². The van der Waals surface area contributed by atoms with Gasteiger partial charge in [0.2, 0.25) is 0 Å². The van der Waals surface area contributed by atoms with Crippen LogP contribution in [0, 0.1) is 0 Å². The molecule has 0 saturated carbocycles. The van der Waals surface area contributed by atoms with Crippen LogP contribution in [0.25, 0.3) is 287 Å². The molecule has 0 bridgehead atoms. The first-order valence-electron chi connectivity index (χ1n) is 47.0. The fourth-order valence-electron chi connectivity index (χ4n) is 21.6. The molecule has 0 aliphatic heterocycles. The predicted octanol–water partition coefficient (Wildman–Crippen LogP) is 33.5. The van der Waals surface area contributed by atoms with Crippen molar-refractivity contribution in [1.82, 2.24) is 48.2 Å². The van der Waals surface area contributed by atoms with E-state index in [1.165, 1.54) is 58.6 Å². The van der Waals surface area contributed by atoms with Gasteiger partial charge in [-0.05, 0) is 157 Å². The lowest BCUT2D eigenvalue weighted by atomic mass is 10.0. The molecule has 0 fully saturated rings. The quantitative estimate of drug-likeness (QED) is 0.117. The van der Waals surface area contributed by atoms with E-state index in [4.69, 9.17) is 43.2 Å². The Balaban J connectivity index is 0.000000134. The van der Waals surface area contributed by atoms with Gasteiger partial charge in [0.15, 0.2) is 34.9 Å². The molecule has 0 N–H and O–H groups in total. The Hall–Kier alpha value is -18.8. The van der Waals surface area contributed by atoms with Crippen LogP contribution in [0.4, 0.5) is 0 Å². The Labute approximate surface area is 802 Å². The van der Waals surface area contributed by atoms with Crippen molar-refractivity contribution in [1.29, 1.82) is 0 Å². The lowest BCUT2D eigenvalue weighted by Crippen LogP contribution is -2.00. The molecule has 13 nitrogen and oxygen atoms in total. The standard InChI is InChI=1S/C63H37N5O2.C63H37N5OS/c1-3-14-38(15-4-1)61-64-62(39-16-5-2-6-17-39)66-63(65-61)41-27-32-58-51(35-41)52-37-43(29-33-59(52)69-58)68-54-24-11-8-19-46(54)50-36-42(28-31-56(50)68)67-53-23-10-7-18-45(53)49-34-40(26-30-55(49)67)44-21-13-22-48-47-20-9-12-25-57(47)70-60(44)48;1-3-16-38(17-4-1)61-64-62(39-18-5-2-6-19-39)66-63(65-61)49-27-14-25-47-48-26-15-30-56(60(48)70-59(47)49)68-53-29-11-8-21-44(53)51-37-41(33-35-55(51)68)67-52-28-10-7-20-43(52)50-36-40(32-34-54(50)67)42-23-13-24-46-45-22-9-12-31-57(45)69-58(42)46/h2*1-37H. The van der Waals surface area contributed by atoms with E-state index in [2.05, 4.69) is 334 Å². The first kappa shape index (κ1) is 78.7. The SMILES string of the molecule is c1ccc(-c2nc(-c3ccccc3)nc(-c3ccc4oc5ccc(-n6c7ccccc7c7cc(-n8c9ccccc9c9cc(-c%10cccc%11c%10oc%10ccccc%10%11)ccc98)ccc76)cc5c4c3)n2)cc1.c1ccc(-c2nc(-c3ccccc3)nc(-c3cccc4c3sc3c(-n5c6ccccc6c6cc(-n7c8ccccc8c8cc(-c9cccc%10c9oc9ccccc9%10)ccc87)ccc65)cccc34)n2)cc1. The van der Waals surface area contributed by atoms with Crippen LogP contribution >= 0.6 is 11.3 Å². The summed E-state index contributed by atoms with van der Waals surface area (Å²) in [6, 6.07) is 158. The van der Waals surface area contributed by atoms with Crippen molar-refractivity contribution in [2.75, 3.05) is 0 Å². The highest BCUT2D eigenvalue weighted by Crippen LogP contribution is 2.49. The maximum Gasteiger partial charge on any atom is 0.165 e. The van der Waals surface area contributed by atoms with Crippen LogP contribution in [0.3, 0.4) is 0 Å². The van der Waals surface area contributed by atoms with Crippen LogP contribution in [0.15, 0.2) is 462 Å². The molecule has 0 saturated heterocycles. The second-order valence-electron chi connectivity index (χ2n) is 35.8. The van der Waals surface area contributed by atoms with Crippen LogP contribution in [0.1, 0.15) is 0 Å². The molecule has 30 rings (SSSR count). The number of hydrogen-bond acceptors (Lipinski definition) is 10. The van der Waals surface area contributed by atoms with E-state index < -0.39 is 0 Å². The minimum Gasteiger partial charge on any atom is -0.456 e. The molecule has 10 aromatic heterocycles. The summed E-state index contributed by atoms with van der Waals surface area (Å²) in [5.41, 5.74) is 28.8. The number of rotatable bonds is 12. The summed E-state index contributed by atoms with van der Waals surface area (Å²) in [7, 11) is 0. The van der Waals surface area contributed by atoms with E-state index in [0.717, 1.165) is 193 Å². The summed E-state index contributed by atoms with van der Waals surface area (Å²) in [4.78, 5) is 30.3. The molecule has 0 spiro atoms. The Morgan fingerprint density at radius 2 is 0.457 bits per heavy atom. The number of benzene rings is 20. The van der Waals surface area contributed by atoms with E-state index >= 15 is 0 Å². The van der Waals surface area contributed by atoms with Crippen molar-refractivity contribution < 1.29 is 13.3 Å². The van der Waals surface area contributed by atoms with Crippen LogP contribution in [0.5, 0.6) is 0 Å². The number of aromatic nitrogens is 10. The van der Waals surface area contributed by atoms with E-state index in [1.54, 1.807) is 11.3 Å². The molecule has 0 radical (unpaired) electrons. The second kappa shape index (κ2) is 31.4. The lowest BCUT2D eigenvalue weighted by Gasteiger charge is -2.11. The zero-order valence-electron chi connectivity index (χ0n) is 74.8. The molecule has 20 aromatic carbocycles. The number of thiophene rings is 1. The Morgan fingerprint density at radius 1 is 0.164 bits per heavy atom. The molecule has 0 unspecified atom stereocenters. The fourth-order valence-corrected chi connectivity index (χ4v) is 22.9. The van der Waals surface area contributed by atoms with Crippen molar-refractivity contribution in [2.45, 2.75) is 0 Å². The van der Waals surface area contributed by atoms with Gasteiger partial charge in [0, 0.05) is 152 Å². The van der Waals surface area contributed by atoms with Crippen molar-refractivity contribution in [3.63, 3.8) is 0 Å². The molecule has 14 heteroatoms. The van der Waals surface area contributed by atoms with Crippen molar-refractivity contribution in [3.05, 3.63) is 449 Å². The molecule has 140 heavy (non-hydrogen) atoms. The number of fused-ring (bicyclic) bond motifs is 24. The summed E-state index contributed by atoms with van der Waals surface area (Å²) in [6.45, 7) is 0. The van der Waals surface area contributed by atoms with Gasteiger partial charge in [0.1, 0.15) is 33.5 Å². The molecule has 0 aliphatic rings. The van der Waals surface area contributed by atoms with E-state index in [0.29, 0.717) is 34.9 Å². The summed E-state index contributed by atoms with van der Waals surface area (Å²) in [5.74, 6) is 3.80. The summed E-state index contributed by atoms with van der Waals surface area (Å²) in [6.07, 6.45) is 0. The fraction of sp³-hybridized carbons (Fsp3) is 0. The summed E-state index contributed by atoms with van der Waals surface area (Å²) in [5, 5.41) is 18.4. The average molecular weight is 1810 g/mol. The van der Waals surface area contributed by atoms with E-state index in [9.17, 15) is 0 Å². The molecule has 0 aliphatic carbocycles. The number of para-hydroxylation sites is 8. The first-order valence-corrected chi connectivity index (χ1v) is 47.8. The zero-order valence-corrected chi connectivity index (χ0v) is 75.6. The highest BCUT2D eigenvalue weighted by atomic mass is 32.1. The average Bonchev–Trinajstić information content (AvgIpc) is 1.56. The Bertz CT molecular complexity index is 10300. The monoisotopic (exact) mass is 1810 g/mol. The number of nitrogens with zero attached hydrogens (tertiary/aromatic N) is 10. The van der Waals surface area contributed by atoms with Crippen LogP contribution in [-0.4, -0.2) is 48.2 Å². The minimum absolute atomic E-state index is 0.599. The van der Waals surface area contributed by atoms with Crippen molar-refractivity contribution in [3.8, 4) is 113 Å². The molecule has 10 heterocycles. The van der Waals surface area contributed by atoms with Gasteiger partial charge in [0.05, 0.1) is 54.5 Å². The topological polar surface area (TPSA) is 136 Å². The van der Waals surface area contributed by atoms with Gasteiger partial charge < -0.3 is 31.5 Å². The molecule has 0 amide bonds. The van der Waals surface area contributed by atoms with Crippen LogP contribution in [0.2, 0.25) is 0 Å². The lowest BCUT2D eigenvalue weighted by molar-refractivity contribution is 0.668. The zero-order chi connectivity index (χ0) is 91.7. The maximum absolute atomic E-state index is 6.51. The molecular weight excluding hydrogens is 1730 g/mol. The highest BCUT2D eigenvalue weighted by Gasteiger charge is 2.27. The smallest absolute Gasteiger partial charge is 0.165 e. The Morgan fingerprint density at radius 3 is 0.914 bits per heavy atom. The molecule has 30 aromatic rings. The van der Waals surface area contributed by atoms with Crippen LogP contribution < -0.4 is 0 Å². The van der Waals surface area contributed by atoms with Gasteiger partial charge in [0.25, 0.3) is 0 Å². The summed E-state index contributed by atoms with van der Waals surface area (Å²) < 4.78 is 31.5. The largest absolute Gasteiger partial charge is 0.456 e. The second-order valence-corrected chi connectivity index (χ2v) is 36.9. The molecule has 652 valence electrons. The maximum atomic E-state index is 6.51. The molecule has 0 atom stereocenters. The number of hydrogen-bond donors (Lipinski definition) is 0. The first-order chi connectivity index (χ1) is 69.4. The van der Waals surface area contributed by atoms with Crippen molar-refractivity contribution >= 4 is 185 Å². The van der Waals surface area contributed by atoms with Gasteiger partial charge in [-0.3, -0.25) is 0 Å². The van der Waals surface area contributed by atoms with Gasteiger partial charge in [-0.15, -0.1) is 11.3 Å². The van der Waals surface area contributed by atoms with E-state index in [1.807, 2.05) is 133 Å². The molecular formula is C126H74N10O3S. The van der Waals surface area contributed by atoms with Gasteiger partial charge in [-0.1, -0.05) is 303 Å². The van der Waals surface area contributed by atoms with Gasteiger partial charge >= 0.3 is 0 Å². The highest BCUT2D eigenvalue weighted by molar-refractivity contribution is 7.26. The third-order valence-corrected chi connectivity index (χ3v) is 29.2. The normalized spacial score (nSPS) is 12.0. The predicted molar refractivity (Wildman–Crippen MR) is 575 cm³/mol. The minimum atomic E-state index is 0.599.